The Hall–Kier alpha value is -2.11. The van der Waals surface area contributed by atoms with Gasteiger partial charge in [0.2, 0.25) is 0 Å². The van der Waals surface area contributed by atoms with Gasteiger partial charge in [-0.05, 0) is 33.8 Å². The number of hydrogen-bond acceptors (Lipinski definition) is 5. The van der Waals surface area contributed by atoms with E-state index >= 15 is 0 Å². The first-order valence-corrected chi connectivity index (χ1v) is 8.70. The number of hydrogen-bond donors (Lipinski definition) is 0. The Labute approximate surface area is 154 Å². The molecule has 146 valence electrons. The second kappa shape index (κ2) is 9.01. The van der Waals surface area contributed by atoms with Gasteiger partial charge in [-0.3, -0.25) is 9.59 Å². The van der Waals surface area contributed by atoms with Crippen LogP contribution in [0.1, 0.15) is 59.4 Å². The van der Waals surface area contributed by atoms with Gasteiger partial charge in [0, 0.05) is 17.5 Å². The topological polar surface area (TPSA) is 61.8 Å². The fourth-order valence-corrected chi connectivity index (χ4v) is 2.43. The second-order valence-corrected chi connectivity index (χ2v) is 7.51. The average Bonchev–Trinajstić information content (AvgIpc) is 2.51. The lowest BCUT2D eigenvalue weighted by Gasteiger charge is -2.24. The molecular weight excluding hydrogens is 339 g/mol. The molecule has 0 heterocycles. The summed E-state index contributed by atoms with van der Waals surface area (Å²) in [6.07, 6.45) is -0.514. The molecule has 0 aliphatic heterocycles. The van der Waals surface area contributed by atoms with Crippen LogP contribution in [0.3, 0.4) is 0 Å². The molecule has 0 aliphatic carbocycles. The van der Waals surface area contributed by atoms with Crippen molar-refractivity contribution in [2.45, 2.75) is 65.6 Å². The molecule has 0 spiro atoms. The van der Waals surface area contributed by atoms with E-state index in [0.717, 1.165) is 5.56 Å². The highest BCUT2D eigenvalue weighted by Crippen LogP contribution is 2.31. The summed E-state index contributed by atoms with van der Waals surface area (Å²) in [5.41, 5.74) is 0.149. The van der Waals surface area contributed by atoms with E-state index in [1.165, 1.54) is 19.2 Å². The molecule has 0 unspecified atom stereocenters. The van der Waals surface area contributed by atoms with Gasteiger partial charge >= 0.3 is 11.9 Å². The van der Waals surface area contributed by atoms with Crippen LogP contribution in [0.25, 0.3) is 0 Å². The lowest BCUT2D eigenvalue weighted by atomic mass is 9.95. The number of ether oxygens (including phenoxy) is 3. The molecule has 1 rings (SSSR count). The minimum absolute atomic E-state index is 0.0446. The third-order valence-corrected chi connectivity index (χ3v) is 3.99. The first-order chi connectivity index (χ1) is 11.9. The van der Waals surface area contributed by atoms with Gasteiger partial charge in [-0.1, -0.05) is 19.9 Å². The number of benzene rings is 1. The molecule has 0 aromatic heterocycles. The van der Waals surface area contributed by atoms with Crippen molar-refractivity contribution in [3.05, 3.63) is 29.6 Å². The molecule has 0 bridgehead atoms. The molecule has 0 saturated heterocycles. The van der Waals surface area contributed by atoms with E-state index in [1.807, 2.05) is 6.92 Å². The van der Waals surface area contributed by atoms with Crippen molar-refractivity contribution in [1.29, 1.82) is 0 Å². The summed E-state index contributed by atoms with van der Waals surface area (Å²) in [5.74, 6) is -1.73. The summed E-state index contributed by atoms with van der Waals surface area (Å²) in [5, 5.41) is 0. The van der Waals surface area contributed by atoms with Gasteiger partial charge in [0.05, 0.1) is 19.4 Å². The first-order valence-electron chi connectivity index (χ1n) is 8.70. The van der Waals surface area contributed by atoms with Gasteiger partial charge in [0.25, 0.3) is 0 Å². The predicted molar refractivity (Wildman–Crippen MR) is 96.5 cm³/mol. The van der Waals surface area contributed by atoms with Gasteiger partial charge < -0.3 is 14.2 Å². The van der Waals surface area contributed by atoms with E-state index in [2.05, 4.69) is 0 Å². The fourth-order valence-electron chi connectivity index (χ4n) is 2.43. The van der Waals surface area contributed by atoms with Crippen molar-refractivity contribution in [3.63, 3.8) is 0 Å². The van der Waals surface area contributed by atoms with E-state index < -0.39 is 35.4 Å². The van der Waals surface area contributed by atoms with Crippen LogP contribution >= 0.6 is 0 Å². The van der Waals surface area contributed by atoms with Crippen LogP contribution in [0, 0.1) is 11.7 Å². The van der Waals surface area contributed by atoms with E-state index in [9.17, 15) is 14.0 Å². The molecule has 3 atom stereocenters. The summed E-state index contributed by atoms with van der Waals surface area (Å²) < 4.78 is 29.3. The number of halogens is 1. The Balaban J connectivity index is 2.70. The zero-order valence-corrected chi connectivity index (χ0v) is 16.6. The second-order valence-electron chi connectivity index (χ2n) is 7.51. The number of methoxy groups -OCH3 is 1. The van der Waals surface area contributed by atoms with Crippen molar-refractivity contribution in [3.8, 4) is 5.75 Å². The van der Waals surface area contributed by atoms with Gasteiger partial charge in [-0.15, -0.1) is 0 Å². The molecule has 0 amide bonds. The number of rotatable bonds is 7. The monoisotopic (exact) mass is 368 g/mol. The minimum atomic E-state index is -0.616. The number of esters is 2. The molecule has 0 aliphatic rings. The standard InChI is InChI=1S/C20H29FO5/c1-12(10-18(22)26-20(4,5)6)19(23)25-14(3)13(2)16-9-8-15(21)11-17(16)24-7/h8-9,11-14H,10H2,1-7H3/t12-,13+,14-/m1/s1. The molecule has 26 heavy (non-hydrogen) atoms. The van der Waals surface area contributed by atoms with Crippen molar-refractivity contribution in [2.24, 2.45) is 5.92 Å². The third kappa shape index (κ3) is 6.65. The summed E-state index contributed by atoms with van der Waals surface area (Å²) in [4.78, 5) is 24.1. The molecule has 5 nitrogen and oxygen atoms in total. The Bertz CT molecular complexity index is 636. The predicted octanol–water partition coefficient (Wildman–Crippen LogP) is 4.24. The highest BCUT2D eigenvalue weighted by molar-refractivity contribution is 5.80. The Kier molecular flexibility index (Phi) is 7.60. The zero-order valence-electron chi connectivity index (χ0n) is 16.6. The van der Waals surface area contributed by atoms with E-state index in [-0.39, 0.29) is 12.3 Å². The van der Waals surface area contributed by atoms with E-state index in [0.29, 0.717) is 5.75 Å². The Morgan fingerprint density at radius 1 is 1.15 bits per heavy atom. The van der Waals surface area contributed by atoms with Crippen LogP contribution in [0.15, 0.2) is 18.2 Å². The van der Waals surface area contributed by atoms with Crippen molar-refractivity contribution >= 4 is 11.9 Å². The maximum absolute atomic E-state index is 13.3. The smallest absolute Gasteiger partial charge is 0.309 e. The Morgan fingerprint density at radius 2 is 1.77 bits per heavy atom. The van der Waals surface area contributed by atoms with Crippen LogP contribution in [0.5, 0.6) is 5.75 Å². The molecular formula is C20H29FO5. The number of carbonyl (C=O) groups excluding carboxylic acids is 2. The quantitative estimate of drug-likeness (QED) is 0.674. The lowest BCUT2D eigenvalue weighted by Crippen LogP contribution is -2.29. The van der Waals surface area contributed by atoms with Crippen LogP contribution < -0.4 is 4.74 Å². The van der Waals surface area contributed by atoms with Crippen molar-refractivity contribution in [1.82, 2.24) is 0 Å². The van der Waals surface area contributed by atoms with Crippen LogP contribution in [-0.4, -0.2) is 30.8 Å². The SMILES string of the molecule is COc1cc(F)ccc1[C@@H](C)[C@@H](C)OC(=O)[C@H](C)CC(=O)OC(C)(C)C. The summed E-state index contributed by atoms with van der Waals surface area (Å²) in [6, 6.07) is 4.26. The molecule has 6 heteroatoms. The highest BCUT2D eigenvalue weighted by atomic mass is 19.1. The fraction of sp³-hybridized carbons (Fsp3) is 0.600. The molecule has 1 aromatic carbocycles. The van der Waals surface area contributed by atoms with Crippen LogP contribution in [-0.2, 0) is 19.1 Å². The zero-order chi connectivity index (χ0) is 20.1. The van der Waals surface area contributed by atoms with Crippen molar-refractivity contribution < 1.29 is 28.2 Å². The van der Waals surface area contributed by atoms with E-state index in [4.69, 9.17) is 14.2 Å². The van der Waals surface area contributed by atoms with E-state index in [1.54, 1.807) is 40.7 Å². The minimum Gasteiger partial charge on any atom is -0.496 e. The average molecular weight is 368 g/mol. The first kappa shape index (κ1) is 21.9. The summed E-state index contributed by atoms with van der Waals surface area (Å²) in [7, 11) is 1.46. The maximum Gasteiger partial charge on any atom is 0.309 e. The Morgan fingerprint density at radius 3 is 2.31 bits per heavy atom. The maximum atomic E-state index is 13.3. The number of carbonyl (C=O) groups is 2. The van der Waals surface area contributed by atoms with Crippen LogP contribution in [0.2, 0.25) is 0 Å². The largest absolute Gasteiger partial charge is 0.496 e. The lowest BCUT2D eigenvalue weighted by molar-refractivity contribution is -0.163. The molecule has 0 N–H and O–H groups in total. The van der Waals surface area contributed by atoms with Gasteiger partial charge in [-0.2, -0.15) is 0 Å². The highest BCUT2D eigenvalue weighted by Gasteiger charge is 2.27. The molecule has 1 aromatic rings. The molecule has 0 radical (unpaired) electrons. The third-order valence-electron chi connectivity index (χ3n) is 3.99. The van der Waals surface area contributed by atoms with Gasteiger partial charge in [-0.25, -0.2) is 4.39 Å². The molecule has 0 saturated carbocycles. The van der Waals surface area contributed by atoms with Gasteiger partial charge in [0.15, 0.2) is 0 Å². The molecule has 0 fully saturated rings. The van der Waals surface area contributed by atoms with Gasteiger partial charge in [0.1, 0.15) is 23.3 Å². The van der Waals surface area contributed by atoms with Crippen molar-refractivity contribution in [2.75, 3.05) is 7.11 Å². The normalized spacial score (nSPS) is 14.9. The summed E-state index contributed by atoms with van der Waals surface area (Å²) >= 11 is 0. The summed E-state index contributed by atoms with van der Waals surface area (Å²) in [6.45, 7) is 10.6. The van der Waals surface area contributed by atoms with Crippen LogP contribution in [0.4, 0.5) is 4.39 Å².